The molecule has 0 saturated heterocycles. The topological polar surface area (TPSA) is 161 Å². The van der Waals surface area contributed by atoms with E-state index in [0.29, 0.717) is 11.3 Å². The minimum Gasteiger partial charge on any atom is -0.483 e. The largest absolute Gasteiger partial charge is 0.483 e. The lowest BCUT2D eigenvalue weighted by Crippen LogP contribution is -2.25. The zero-order valence-corrected chi connectivity index (χ0v) is 12.1. The van der Waals surface area contributed by atoms with Crippen LogP contribution in [0.25, 0.3) is 12.2 Å². The summed E-state index contributed by atoms with van der Waals surface area (Å²) in [6.45, 7) is -0.340. The summed E-state index contributed by atoms with van der Waals surface area (Å²) in [6, 6.07) is 6.51. The van der Waals surface area contributed by atoms with Crippen molar-refractivity contribution in [2.45, 2.75) is 0 Å². The van der Waals surface area contributed by atoms with E-state index in [1.165, 1.54) is 12.2 Å². The smallest absolute Gasteiger partial charge is 0.357 e. The quantitative estimate of drug-likeness (QED) is 0.498. The van der Waals surface area contributed by atoms with Crippen molar-refractivity contribution in [2.75, 3.05) is 6.61 Å². The molecule has 2 rings (SSSR count). The first kappa shape index (κ1) is 16.7. The fraction of sp³-hybridized carbons (Fsp3) is 0.0714. The molecule has 0 bridgehead atoms. The SMILES string of the molecule is NC(=O)COc1ccccc1/C=C\c1[nH]c(=O)[nH]c(=O)c1[N+](=O)[O-]. The van der Waals surface area contributed by atoms with E-state index in [2.05, 4.69) is 4.98 Å². The summed E-state index contributed by atoms with van der Waals surface area (Å²) < 4.78 is 5.21. The van der Waals surface area contributed by atoms with Gasteiger partial charge in [-0.1, -0.05) is 18.2 Å². The molecule has 2 aromatic rings. The van der Waals surface area contributed by atoms with E-state index in [1.54, 1.807) is 29.2 Å². The maximum absolute atomic E-state index is 11.5. The summed E-state index contributed by atoms with van der Waals surface area (Å²) in [4.78, 5) is 47.6. The van der Waals surface area contributed by atoms with Crippen LogP contribution in [0.2, 0.25) is 0 Å². The summed E-state index contributed by atoms with van der Waals surface area (Å²) in [5.74, 6) is -0.356. The van der Waals surface area contributed by atoms with Crippen molar-refractivity contribution in [2.24, 2.45) is 5.73 Å². The van der Waals surface area contributed by atoms with Crippen LogP contribution < -0.4 is 21.7 Å². The van der Waals surface area contributed by atoms with Gasteiger partial charge in [-0.2, -0.15) is 0 Å². The van der Waals surface area contributed by atoms with Crippen LogP contribution in [0.3, 0.4) is 0 Å². The van der Waals surface area contributed by atoms with Crippen molar-refractivity contribution >= 4 is 23.7 Å². The number of benzene rings is 1. The lowest BCUT2D eigenvalue weighted by molar-refractivity contribution is -0.386. The molecule has 124 valence electrons. The Morgan fingerprint density at radius 1 is 1.25 bits per heavy atom. The van der Waals surface area contributed by atoms with Gasteiger partial charge in [0.05, 0.1) is 4.92 Å². The van der Waals surface area contributed by atoms with E-state index in [9.17, 15) is 24.5 Å². The molecule has 1 heterocycles. The number of ether oxygens (including phenoxy) is 1. The molecule has 0 saturated carbocycles. The number of carbonyl (C=O) groups is 1. The molecule has 0 atom stereocenters. The van der Waals surface area contributed by atoms with Crippen molar-refractivity contribution in [3.63, 3.8) is 0 Å². The molecule has 0 radical (unpaired) electrons. The Bertz CT molecular complexity index is 927. The van der Waals surface area contributed by atoms with Gasteiger partial charge in [-0.25, -0.2) is 4.79 Å². The predicted octanol–water partition coefficient (Wildman–Crippen LogP) is 0.00590. The second kappa shape index (κ2) is 7.05. The minimum absolute atomic E-state index is 0.265. The molecule has 10 heteroatoms. The van der Waals surface area contributed by atoms with Gasteiger partial charge in [0.15, 0.2) is 6.61 Å². The van der Waals surface area contributed by atoms with Gasteiger partial charge in [0.1, 0.15) is 11.4 Å². The average Bonchev–Trinajstić information content (AvgIpc) is 2.50. The maximum Gasteiger partial charge on any atom is 0.357 e. The lowest BCUT2D eigenvalue weighted by Gasteiger charge is -2.06. The number of nitro groups is 1. The molecule has 0 unspecified atom stereocenters. The summed E-state index contributed by atoms with van der Waals surface area (Å²) >= 11 is 0. The number of amides is 1. The van der Waals surface area contributed by atoms with Gasteiger partial charge in [0, 0.05) is 5.56 Å². The second-order valence-corrected chi connectivity index (χ2v) is 4.55. The molecule has 10 nitrogen and oxygen atoms in total. The Kier molecular flexibility index (Phi) is 4.90. The van der Waals surface area contributed by atoms with Gasteiger partial charge in [-0.3, -0.25) is 24.7 Å². The van der Waals surface area contributed by atoms with Crippen molar-refractivity contribution < 1.29 is 14.5 Å². The minimum atomic E-state index is -1.11. The molecule has 0 aliphatic rings. The Morgan fingerprint density at radius 2 is 1.96 bits per heavy atom. The fourth-order valence-electron chi connectivity index (χ4n) is 1.87. The van der Waals surface area contributed by atoms with E-state index < -0.39 is 27.8 Å². The third kappa shape index (κ3) is 3.94. The summed E-state index contributed by atoms with van der Waals surface area (Å²) in [6.07, 6.45) is 2.59. The molecule has 0 aliphatic carbocycles. The molecular weight excluding hydrogens is 320 g/mol. The van der Waals surface area contributed by atoms with Crippen LogP contribution >= 0.6 is 0 Å². The van der Waals surface area contributed by atoms with Crippen LogP contribution in [-0.2, 0) is 4.79 Å². The standard InChI is InChI=1S/C14H12N4O6/c15-11(19)7-24-10-4-2-1-3-8(10)5-6-9-12(18(22)23)13(20)17-14(21)16-9/h1-6H,7H2,(H2,15,19)(H2,16,17,20,21)/b6-5-. The summed E-state index contributed by atoms with van der Waals surface area (Å²) in [7, 11) is 0. The molecule has 1 aromatic carbocycles. The van der Waals surface area contributed by atoms with Crippen molar-refractivity contribution in [1.29, 1.82) is 0 Å². The zero-order chi connectivity index (χ0) is 17.7. The van der Waals surface area contributed by atoms with E-state index in [-0.39, 0.29) is 12.3 Å². The number of nitrogens with one attached hydrogen (secondary N) is 2. The first-order valence-electron chi connectivity index (χ1n) is 6.57. The van der Waals surface area contributed by atoms with E-state index >= 15 is 0 Å². The third-order valence-electron chi connectivity index (χ3n) is 2.85. The highest BCUT2D eigenvalue weighted by Gasteiger charge is 2.18. The number of hydrogen-bond donors (Lipinski definition) is 3. The Balaban J connectivity index is 2.42. The average molecular weight is 332 g/mol. The fourth-order valence-corrected chi connectivity index (χ4v) is 1.87. The molecule has 0 spiro atoms. The van der Waals surface area contributed by atoms with Crippen LogP contribution in [0.15, 0.2) is 33.9 Å². The summed E-state index contributed by atoms with van der Waals surface area (Å²) in [5.41, 5.74) is 2.44. The predicted molar refractivity (Wildman–Crippen MR) is 84.4 cm³/mol. The second-order valence-electron chi connectivity index (χ2n) is 4.55. The number of aromatic nitrogens is 2. The highest BCUT2D eigenvalue weighted by Crippen LogP contribution is 2.21. The van der Waals surface area contributed by atoms with E-state index in [0.717, 1.165) is 0 Å². The molecule has 1 amide bonds. The van der Waals surface area contributed by atoms with Gasteiger partial charge in [0.2, 0.25) is 0 Å². The number of para-hydroxylation sites is 1. The van der Waals surface area contributed by atoms with Crippen molar-refractivity contribution in [3.05, 3.63) is 66.5 Å². The van der Waals surface area contributed by atoms with Crippen LogP contribution in [-0.4, -0.2) is 27.4 Å². The van der Waals surface area contributed by atoms with Crippen molar-refractivity contribution in [3.8, 4) is 5.75 Å². The first-order chi connectivity index (χ1) is 11.4. The van der Waals surface area contributed by atoms with E-state index in [4.69, 9.17) is 10.5 Å². The number of nitrogens with zero attached hydrogens (tertiary/aromatic N) is 1. The molecule has 24 heavy (non-hydrogen) atoms. The highest BCUT2D eigenvalue weighted by atomic mass is 16.6. The number of H-pyrrole nitrogens is 2. The monoisotopic (exact) mass is 332 g/mol. The Morgan fingerprint density at radius 3 is 2.62 bits per heavy atom. The molecule has 1 aromatic heterocycles. The first-order valence-corrected chi connectivity index (χ1v) is 6.57. The molecule has 0 fully saturated rings. The maximum atomic E-state index is 11.5. The van der Waals surface area contributed by atoms with E-state index in [1.807, 2.05) is 0 Å². The lowest BCUT2D eigenvalue weighted by atomic mass is 10.1. The van der Waals surface area contributed by atoms with Gasteiger partial charge in [-0.15, -0.1) is 0 Å². The van der Waals surface area contributed by atoms with Crippen LogP contribution in [0.4, 0.5) is 5.69 Å². The number of primary amides is 1. The van der Waals surface area contributed by atoms with Crippen LogP contribution in [0.1, 0.15) is 11.3 Å². The molecule has 4 N–H and O–H groups in total. The number of hydrogen-bond acceptors (Lipinski definition) is 6. The van der Waals surface area contributed by atoms with Gasteiger partial charge >= 0.3 is 16.9 Å². The third-order valence-corrected chi connectivity index (χ3v) is 2.85. The van der Waals surface area contributed by atoms with Gasteiger partial charge in [0.25, 0.3) is 5.91 Å². The van der Waals surface area contributed by atoms with Gasteiger partial charge in [-0.05, 0) is 18.2 Å². The Hall–Kier alpha value is -3.69. The zero-order valence-electron chi connectivity index (χ0n) is 12.1. The molecule has 0 aliphatic heterocycles. The summed E-state index contributed by atoms with van der Waals surface area (Å²) in [5, 5.41) is 11.0. The van der Waals surface area contributed by atoms with Crippen molar-refractivity contribution in [1.82, 2.24) is 9.97 Å². The van der Waals surface area contributed by atoms with Crippen LogP contribution in [0, 0.1) is 10.1 Å². The van der Waals surface area contributed by atoms with Crippen LogP contribution in [0.5, 0.6) is 5.75 Å². The number of nitrogens with two attached hydrogens (primary N) is 1. The Labute approximate surface area is 133 Å². The molecular formula is C14H12N4O6. The normalized spacial score (nSPS) is 10.7. The number of rotatable bonds is 6. The highest BCUT2D eigenvalue weighted by molar-refractivity contribution is 5.76. The number of aromatic amines is 2. The number of carbonyl (C=O) groups excluding carboxylic acids is 1. The van der Waals surface area contributed by atoms with Gasteiger partial charge < -0.3 is 15.5 Å².